The summed E-state index contributed by atoms with van der Waals surface area (Å²) in [6.45, 7) is 0. The second-order valence-corrected chi connectivity index (χ2v) is 6.92. The normalized spacial score (nSPS) is 18.3. The van der Waals surface area contributed by atoms with Crippen molar-refractivity contribution in [2.24, 2.45) is 0 Å². The maximum Gasteiger partial charge on any atom is 0.491 e. The number of nitrogens with one attached hydrogen (secondary N) is 1. The standard InChI is InChI=1S/C20H14F4N2O5/c21-13-4-1-10(2-5-13)12-7-14(8-12)29-15-6-3-11(9-25-15)16-17(18(27)26-31-16)30-19(28)20(22,23)24/h1-6,9,12,14H,7-8H2,(H,26,27). The molecule has 1 fully saturated rings. The summed E-state index contributed by atoms with van der Waals surface area (Å²) in [6.07, 6.45) is -2.71. The van der Waals surface area contributed by atoms with Crippen LogP contribution in [0, 0.1) is 5.82 Å². The number of H-pyrrole nitrogens is 1. The van der Waals surface area contributed by atoms with Crippen molar-refractivity contribution in [2.75, 3.05) is 0 Å². The molecule has 0 saturated heterocycles. The first-order valence-electron chi connectivity index (χ1n) is 9.09. The van der Waals surface area contributed by atoms with Gasteiger partial charge in [-0.05, 0) is 42.5 Å². The molecule has 0 unspecified atom stereocenters. The van der Waals surface area contributed by atoms with Crippen molar-refractivity contribution >= 4 is 5.97 Å². The number of alkyl halides is 3. The van der Waals surface area contributed by atoms with Gasteiger partial charge in [0.25, 0.3) is 0 Å². The van der Waals surface area contributed by atoms with Crippen LogP contribution in [0.5, 0.6) is 11.6 Å². The first-order chi connectivity index (χ1) is 14.7. The van der Waals surface area contributed by atoms with Gasteiger partial charge in [0.1, 0.15) is 11.9 Å². The molecule has 11 heteroatoms. The molecule has 1 N–H and O–H groups in total. The van der Waals surface area contributed by atoms with E-state index in [9.17, 15) is 27.2 Å². The van der Waals surface area contributed by atoms with Crippen molar-refractivity contribution in [1.29, 1.82) is 0 Å². The lowest BCUT2D eigenvalue weighted by Crippen LogP contribution is -2.32. The number of esters is 1. The first-order valence-corrected chi connectivity index (χ1v) is 9.09. The van der Waals surface area contributed by atoms with E-state index >= 15 is 0 Å². The van der Waals surface area contributed by atoms with Crippen molar-refractivity contribution in [1.82, 2.24) is 10.1 Å². The maximum atomic E-state index is 13.0. The minimum absolute atomic E-state index is 0.0955. The summed E-state index contributed by atoms with van der Waals surface area (Å²) < 4.78 is 64.9. The second kappa shape index (κ2) is 7.89. The second-order valence-electron chi connectivity index (χ2n) is 6.92. The largest absolute Gasteiger partial charge is 0.491 e. The zero-order valence-corrected chi connectivity index (χ0v) is 15.6. The third-order valence-electron chi connectivity index (χ3n) is 4.81. The Bertz CT molecular complexity index is 1130. The molecule has 0 atom stereocenters. The summed E-state index contributed by atoms with van der Waals surface area (Å²) in [5.41, 5.74) is -0.00400. The van der Waals surface area contributed by atoms with Crippen LogP contribution < -0.4 is 15.0 Å². The van der Waals surface area contributed by atoms with Gasteiger partial charge in [-0.3, -0.25) is 4.79 Å². The summed E-state index contributed by atoms with van der Waals surface area (Å²) in [5.74, 6) is -3.65. The SMILES string of the molecule is O=C(Oc1c(-c2ccc(OC3CC(c4ccc(F)cc4)C3)nc2)o[nH]c1=O)C(F)(F)F. The summed E-state index contributed by atoms with van der Waals surface area (Å²) in [4.78, 5) is 26.7. The average molecular weight is 438 g/mol. The number of benzene rings is 1. The van der Waals surface area contributed by atoms with Gasteiger partial charge < -0.3 is 14.0 Å². The third kappa shape index (κ3) is 4.44. The monoisotopic (exact) mass is 438 g/mol. The third-order valence-corrected chi connectivity index (χ3v) is 4.81. The van der Waals surface area contributed by atoms with E-state index in [1.807, 2.05) is 5.16 Å². The van der Waals surface area contributed by atoms with E-state index in [0.29, 0.717) is 0 Å². The molecule has 0 radical (unpaired) electrons. The number of carbonyl (C=O) groups is 1. The van der Waals surface area contributed by atoms with Gasteiger partial charge in [0, 0.05) is 17.8 Å². The fourth-order valence-electron chi connectivity index (χ4n) is 3.15. The van der Waals surface area contributed by atoms with Crippen molar-refractivity contribution in [2.45, 2.75) is 31.0 Å². The van der Waals surface area contributed by atoms with Gasteiger partial charge in [-0.2, -0.15) is 18.3 Å². The molecule has 1 saturated carbocycles. The minimum Gasteiger partial charge on any atom is -0.474 e. The van der Waals surface area contributed by atoms with Gasteiger partial charge in [0.2, 0.25) is 17.4 Å². The number of nitrogens with zero attached hydrogens (tertiary/aromatic N) is 1. The lowest BCUT2D eigenvalue weighted by Gasteiger charge is -2.35. The molecule has 31 heavy (non-hydrogen) atoms. The number of rotatable bonds is 5. The number of aromatic amines is 1. The Morgan fingerprint density at radius 3 is 2.45 bits per heavy atom. The van der Waals surface area contributed by atoms with E-state index in [1.54, 1.807) is 12.1 Å². The predicted molar refractivity (Wildman–Crippen MR) is 97.0 cm³/mol. The number of aromatic nitrogens is 2. The van der Waals surface area contributed by atoms with Crippen LogP contribution in [0.1, 0.15) is 24.3 Å². The Morgan fingerprint density at radius 1 is 1.13 bits per heavy atom. The van der Waals surface area contributed by atoms with E-state index < -0.39 is 29.2 Å². The molecular formula is C20H14F4N2O5. The zero-order valence-electron chi connectivity index (χ0n) is 15.6. The molecule has 162 valence electrons. The van der Waals surface area contributed by atoms with E-state index in [-0.39, 0.29) is 29.3 Å². The van der Waals surface area contributed by atoms with Crippen LogP contribution in [-0.4, -0.2) is 28.4 Å². The van der Waals surface area contributed by atoms with Gasteiger partial charge in [-0.1, -0.05) is 12.1 Å². The van der Waals surface area contributed by atoms with Crippen LogP contribution in [-0.2, 0) is 4.79 Å². The highest BCUT2D eigenvalue weighted by Crippen LogP contribution is 2.39. The highest BCUT2D eigenvalue weighted by molar-refractivity contribution is 5.80. The van der Waals surface area contributed by atoms with Crippen LogP contribution >= 0.6 is 0 Å². The summed E-state index contributed by atoms with van der Waals surface area (Å²) >= 11 is 0. The predicted octanol–water partition coefficient (Wildman–Crippen LogP) is 3.96. The van der Waals surface area contributed by atoms with E-state index in [1.165, 1.54) is 30.5 Å². The van der Waals surface area contributed by atoms with Crippen LogP contribution in [0.25, 0.3) is 11.3 Å². The molecule has 1 aromatic carbocycles. The van der Waals surface area contributed by atoms with Crippen molar-refractivity contribution in [3.63, 3.8) is 0 Å². The molecule has 1 aliphatic carbocycles. The zero-order chi connectivity index (χ0) is 22.2. The van der Waals surface area contributed by atoms with E-state index in [4.69, 9.17) is 9.26 Å². The number of ether oxygens (including phenoxy) is 2. The van der Waals surface area contributed by atoms with Crippen LogP contribution in [0.2, 0.25) is 0 Å². The van der Waals surface area contributed by atoms with Gasteiger partial charge in [-0.25, -0.2) is 14.2 Å². The highest BCUT2D eigenvalue weighted by atomic mass is 19.4. The van der Waals surface area contributed by atoms with Gasteiger partial charge in [0.15, 0.2) is 0 Å². The van der Waals surface area contributed by atoms with Gasteiger partial charge in [0.05, 0.1) is 0 Å². The molecule has 2 aromatic heterocycles. The van der Waals surface area contributed by atoms with Crippen LogP contribution in [0.4, 0.5) is 17.6 Å². The Kier molecular flexibility index (Phi) is 5.25. The molecule has 7 nitrogen and oxygen atoms in total. The minimum atomic E-state index is -5.27. The molecule has 4 rings (SSSR count). The number of halogens is 4. The summed E-state index contributed by atoms with van der Waals surface area (Å²) in [5, 5.41) is 1.82. The van der Waals surface area contributed by atoms with Crippen molar-refractivity contribution in [3.8, 4) is 23.0 Å². The molecule has 2 heterocycles. The molecular weight excluding hydrogens is 424 g/mol. The van der Waals surface area contributed by atoms with Gasteiger partial charge in [-0.15, -0.1) is 0 Å². The smallest absolute Gasteiger partial charge is 0.474 e. The maximum absolute atomic E-state index is 13.0. The lowest BCUT2D eigenvalue weighted by atomic mass is 9.77. The molecule has 0 spiro atoms. The fraction of sp³-hybridized carbons (Fsp3) is 0.250. The average Bonchev–Trinajstić information content (AvgIpc) is 3.05. The van der Waals surface area contributed by atoms with Crippen LogP contribution in [0.3, 0.4) is 0 Å². The Labute approximate surface area is 171 Å². The molecule has 0 bridgehead atoms. The molecule has 3 aromatic rings. The number of pyridine rings is 1. The Morgan fingerprint density at radius 2 is 1.84 bits per heavy atom. The highest BCUT2D eigenvalue weighted by Gasteiger charge is 2.42. The Hall–Kier alpha value is -3.63. The quantitative estimate of drug-likeness (QED) is 0.479. The van der Waals surface area contributed by atoms with E-state index in [2.05, 4.69) is 9.72 Å². The summed E-state index contributed by atoms with van der Waals surface area (Å²) in [7, 11) is 0. The number of hydrogen-bond acceptors (Lipinski definition) is 6. The van der Waals surface area contributed by atoms with Crippen LogP contribution in [0.15, 0.2) is 51.9 Å². The van der Waals surface area contributed by atoms with E-state index in [0.717, 1.165) is 18.4 Å². The Balaban J connectivity index is 1.40. The molecule has 1 aliphatic rings. The topological polar surface area (TPSA) is 94.4 Å². The van der Waals surface area contributed by atoms with Crippen molar-refractivity contribution in [3.05, 3.63) is 64.3 Å². The van der Waals surface area contributed by atoms with Crippen molar-refractivity contribution < 1.29 is 36.4 Å². The number of hydrogen-bond donors (Lipinski definition) is 1. The lowest BCUT2D eigenvalue weighted by molar-refractivity contribution is -0.189. The molecule has 0 aliphatic heterocycles. The van der Waals surface area contributed by atoms with Gasteiger partial charge >= 0.3 is 17.7 Å². The summed E-state index contributed by atoms with van der Waals surface area (Å²) in [6, 6.07) is 9.12. The molecule has 0 amide bonds. The first kappa shape index (κ1) is 20.6. The fourth-order valence-corrected chi connectivity index (χ4v) is 3.15. The number of carbonyl (C=O) groups excluding carboxylic acids is 1.